The van der Waals surface area contributed by atoms with Gasteiger partial charge in [0.05, 0.1) is 21.7 Å². The number of benzene rings is 3. The lowest BCUT2D eigenvalue weighted by molar-refractivity contribution is -0.385. The molecule has 4 aromatic rings. The first kappa shape index (κ1) is 20.0. The average Bonchev–Trinajstić information content (AvgIpc) is 2.76. The molecule has 0 saturated carbocycles. The third kappa shape index (κ3) is 3.66. The summed E-state index contributed by atoms with van der Waals surface area (Å²) < 4.78 is 1.18. The Balaban J connectivity index is 1.86. The largest absolute Gasteiger partial charge is 0.320 e. The maximum Gasteiger partial charge on any atom is 0.279 e. The molecule has 0 unspecified atom stereocenters. The number of nitro benzene ring substituents is 1. The number of nitrogens with one attached hydrogen (secondary N) is 1. The Labute approximate surface area is 176 Å². The first-order valence-corrected chi connectivity index (χ1v) is 9.51. The molecule has 1 aromatic heterocycles. The number of aryl methyl sites for hydroxylation is 2. The number of nitro groups is 1. The van der Waals surface area contributed by atoms with Crippen molar-refractivity contribution in [3.05, 3.63) is 104 Å². The van der Waals surface area contributed by atoms with Crippen LogP contribution in [0.25, 0.3) is 16.5 Å². The predicted octanol–water partition coefficient (Wildman–Crippen LogP) is 4.16. The minimum atomic E-state index is -0.567. The van der Waals surface area contributed by atoms with Crippen LogP contribution in [-0.4, -0.2) is 20.6 Å². The molecule has 0 radical (unpaired) electrons. The summed E-state index contributed by atoms with van der Waals surface area (Å²) in [6.07, 6.45) is 0. The van der Waals surface area contributed by atoms with Crippen molar-refractivity contribution in [2.75, 3.05) is 5.32 Å². The average molecular weight is 414 g/mol. The van der Waals surface area contributed by atoms with Crippen LogP contribution in [0.5, 0.6) is 0 Å². The summed E-state index contributed by atoms with van der Waals surface area (Å²) in [6, 6.07) is 18.5. The summed E-state index contributed by atoms with van der Waals surface area (Å²) in [5.74, 6) is -0.567. The fourth-order valence-corrected chi connectivity index (χ4v) is 3.46. The van der Waals surface area contributed by atoms with Crippen molar-refractivity contribution in [2.24, 2.45) is 0 Å². The second kappa shape index (κ2) is 7.83. The van der Waals surface area contributed by atoms with E-state index in [1.165, 1.54) is 10.7 Å². The molecule has 0 aliphatic carbocycles. The van der Waals surface area contributed by atoms with Crippen LogP contribution < -0.4 is 10.9 Å². The van der Waals surface area contributed by atoms with Gasteiger partial charge < -0.3 is 5.32 Å². The Kier molecular flexibility index (Phi) is 5.04. The van der Waals surface area contributed by atoms with E-state index in [1.807, 2.05) is 6.07 Å². The number of hydrogen-bond donors (Lipinski definition) is 1. The summed E-state index contributed by atoms with van der Waals surface area (Å²) in [7, 11) is 0. The molecule has 0 atom stereocenters. The minimum absolute atomic E-state index is 0.0432. The number of para-hydroxylation sites is 1. The van der Waals surface area contributed by atoms with Crippen LogP contribution >= 0.6 is 0 Å². The van der Waals surface area contributed by atoms with E-state index in [0.29, 0.717) is 33.3 Å². The summed E-state index contributed by atoms with van der Waals surface area (Å²) in [6.45, 7) is 3.39. The standard InChI is InChI=1S/C23H18N4O4/c1-14-12-15(2)20(27(30)31)13-19(14)24-22(28)21-17-10-6-7-11-18(17)23(29)26(25-21)16-8-4-3-5-9-16/h3-13H,1-2H3,(H,24,28). The number of amides is 1. The zero-order valence-electron chi connectivity index (χ0n) is 16.8. The van der Waals surface area contributed by atoms with Crippen LogP contribution in [0.3, 0.4) is 0 Å². The van der Waals surface area contributed by atoms with Gasteiger partial charge in [-0.3, -0.25) is 19.7 Å². The van der Waals surface area contributed by atoms with Gasteiger partial charge in [-0.05, 0) is 43.7 Å². The smallest absolute Gasteiger partial charge is 0.279 e. The first-order chi connectivity index (χ1) is 14.9. The van der Waals surface area contributed by atoms with Gasteiger partial charge in [0.15, 0.2) is 5.69 Å². The molecule has 1 heterocycles. The third-order valence-corrected chi connectivity index (χ3v) is 5.01. The van der Waals surface area contributed by atoms with Gasteiger partial charge in [0.1, 0.15) is 0 Å². The monoisotopic (exact) mass is 414 g/mol. The summed E-state index contributed by atoms with van der Waals surface area (Å²) >= 11 is 0. The van der Waals surface area contributed by atoms with Crippen molar-refractivity contribution < 1.29 is 9.72 Å². The molecule has 4 rings (SSSR count). The summed E-state index contributed by atoms with van der Waals surface area (Å²) in [5.41, 5.74) is 1.62. The van der Waals surface area contributed by atoms with Gasteiger partial charge in [-0.2, -0.15) is 9.78 Å². The summed E-state index contributed by atoms with van der Waals surface area (Å²) in [5, 5.41) is 19.1. The van der Waals surface area contributed by atoms with Crippen molar-refractivity contribution in [2.45, 2.75) is 13.8 Å². The lowest BCUT2D eigenvalue weighted by Crippen LogP contribution is -2.26. The van der Waals surface area contributed by atoms with Gasteiger partial charge in [-0.1, -0.05) is 36.4 Å². The Morgan fingerprint density at radius 2 is 1.61 bits per heavy atom. The number of carbonyl (C=O) groups excluding carboxylic acids is 1. The second-order valence-electron chi connectivity index (χ2n) is 7.11. The Hall–Kier alpha value is -4.33. The number of carbonyl (C=O) groups is 1. The number of fused-ring (bicyclic) bond motifs is 1. The molecule has 8 nitrogen and oxygen atoms in total. The molecule has 0 bridgehead atoms. The maximum absolute atomic E-state index is 13.2. The maximum atomic E-state index is 13.2. The molecule has 1 N–H and O–H groups in total. The second-order valence-corrected chi connectivity index (χ2v) is 7.11. The fourth-order valence-electron chi connectivity index (χ4n) is 3.46. The highest BCUT2D eigenvalue weighted by Gasteiger charge is 2.20. The molecule has 0 aliphatic rings. The molecular weight excluding hydrogens is 396 g/mol. The molecule has 31 heavy (non-hydrogen) atoms. The van der Waals surface area contributed by atoms with E-state index in [0.717, 1.165) is 0 Å². The highest BCUT2D eigenvalue weighted by Crippen LogP contribution is 2.27. The van der Waals surface area contributed by atoms with E-state index in [2.05, 4.69) is 10.4 Å². The number of nitrogens with zero attached hydrogens (tertiary/aromatic N) is 3. The van der Waals surface area contributed by atoms with Crippen LogP contribution in [0.4, 0.5) is 11.4 Å². The normalized spacial score (nSPS) is 10.8. The number of aromatic nitrogens is 2. The molecule has 0 spiro atoms. The Morgan fingerprint density at radius 3 is 2.29 bits per heavy atom. The lowest BCUT2D eigenvalue weighted by atomic mass is 10.1. The Morgan fingerprint density at radius 1 is 0.968 bits per heavy atom. The van der Waals surface area contributed by atoms with E-state index in [4.69, 9.17) is 0 Å². The topological polar surface area (TPSA) is 107 Å². The third-order valence-electron chi connectivity index (χ3n) is 5.01. The van der Waals surface area contributed by atoms with E-state index in [9.17, 15) is 19.7 Å². The van der Waals surface area contributed by atoms with Crippen molar-refractivity contribution >= 4 is 28.1 Å². The summed E-state index contributed by atoms with van der Waals surface area (Å²) in [4.78, 5) is 37.0. The van der Waals surface area contributed by atoms with Gasteiger partial charge >= 0.3 is 0 Å². The van der Waals surface area contributed by atoms with E-state index >= 15 is 0 Å². The van der Waals surface area contributed by atoms with Crippen LogP contribution in [-0.2, 0) is 0 Å². The minimum Gasteiger partial charge on any atom is -0.320 e. The van der Waals surface area contributed by atoms with Crippen LogP contribution in [0, 0.1) is 24.0 Å². The van der Waals surface area contributed by atoms with Gasteiger partial charge in [0, 0.05) is 17.0 Å². The zero-order valence-corrected chi connectivity index (χ0v) is 16.8. The number of hydrogen-bond acceptors (Lipinski definition) is 5. The van der Waals surface area contributed by atoms with Crippen molar-refractivity contribution in [1.29, 1.82) is 0 Å². The quantitative estimate of drug-likeness (QED) is 0.398. The fraction of sp³-hybridized carbons (Fsp3) is 0.0870. The molecule has 154 valence electrons. The van der Waals surface area contributed by atoms with Crippen LogP contribution in [0.15, 0.2) is 71.5 Å². The molecule has 0 fully saturated rings. The van der Waals surface area contributed by atoms with Gasteiger partial charge in [0.2, 0.25) is 0 Å². The SMILES string of the molecule is Cc1cc(C)c([N+](=O)[O-])cc1NC(=O)c1nn(-c2ccccc2)c(=O)c2ccccc12. The zero-order chi connectivity index (χ0) is 22.1. The predicted molar refractivity (Wildman–Crippen MR) is 118 cm³/mol. The molecule has 3 aromatic carbocycles. The highest BCUT2D eigenvalue weighted by atomic mass is 16.6. The molecule has 8 heteroatoms. The van der Waals surface area contributed by atoms with E-state index < -0.39 is 10.8 Å². The molecule has 1 amide bonds. The van der Waals surface area contributed by atoms with Crippen molar-refractivity contribution in [3.63, 3.8) is 0 Å². The molecular formula is C23H18N4O4. The van der Waals surface area contributed by atoms with Crippen molar-refractivity contribution in [3.8, 4) is 5.69 Å². The van der Waals surface area contributed by atoms with Gasteiger partial charge in [-0.25, -0.2) is 0 Å². The Bertz CT molecular complexity index is 1390. The molecule has 0 saturated heterocycles. The first-order valence-electron chi connectivity index (χ1n) is 9.51. The van der Waals surface area contributed by atoms with E-state index in [-0.39, 0.29) is 16.9 Å². The van der Waals surface area contributed by atoms with Crippen LogP contribution in [0.1, 0.15) is 21.6 Å². The highest BCUT2D eigenvalue weighted by molar-refractivity contribution is 6.11. The molecule has 0 aliphatic heterocycles. The van der Waals surface area contributed by atoms with E-state index in [1.54, 1.807) is 68.4 Å². The van der Waals surface area contributed by atoms with Crippen molar-refractivity contribution in [1.82, 2.24) is 9.78 Å². The van der Waals surface area contributed by atoms with Crippen LogP contribution in [0.2, 0.25) is 0 Å². The lowest BCUT2D eigenvalue weighted by Gasteiger charge is -2.13. The number of rotatable bonds is 4. The van der Waals surface area contributed by atoms with Gasteiger partial charge in [0.25, 0.3) is 17.2 Å². The number of anilines is 1. The van der Waals surface area contributed by atoms with Gasteiger partial charge in [-0.15, -0.1) is 0 Å².